The first-order valence-electron chi connectivity index (χ1n) is 10.5. The smallest absolute Gasteiger partial charge is 0.322 e. The topological polar surface area (TPSA) is 79.4 Å². The molecule has 0 aliphatic carbocycles. The molecule has 0 spiro atoms. The average Bonchev–Trinajstić information content (AvgIpc) is 2.84. The molecule has 3 heterocycles. The summed E-state index contributed by atoms with van der Waals surface area (Å²) in [5.41, 5.74) is 4.81. The van der Waals surface area contributed by atoms with E-state index in [-0.39, 0.29) is 6.03 Å². The number of nitrogens with zero attached hydrogens (tertiary/aromatic N) is 3. The predicted octanol–water partition coefficient (Wildman–Crippen LogP) is 4.97. The summed E-state index contributed by atoms with van der Waals surface area (Å²) in [5.74, 6) is 1.57. The minimum Gasteiger partial charge on any atom is -0.497 e. The molecule has 0 saturated heterocycles. The maximum atomic E-state index is 12.8. The Morgan fingerprint density at radius 3 is 2.72 bits per heavy atom. The zero-order valence-corrected chi connectivity index (χ0v) is 17.7. The number of ether oxygens (including phenoxy) is 1. The maximum Gasteiger partial charge on any atom is 0.322 e. The lowest BCUT2D eigenvalue weighted by Crippen LogP contribution is -2.39. The van der Waals surface area contributed by atoms with E-state index in [2.05, 4.69) is 26.7 Å². The fraction of sp³-hybridized carbons (Fsp3) is 0.160. The third kappa shape index (κ3) is 4.05. The number of carbonyl (C=O) groups is 1. The fourth-order valence-electron chi connectivity index (χ4n) is 3.92. The van der Waals surface area contributed by atoms with Crippen molar-refractivity contribution in [2.24, 2.45) is 0 Å². The number of aromatic nitrogens is 2. The normalized spacial score (nSPS) is 12.8. The van der Waals surface area contributed by atoms with Crippen molar-refractivity contribution in [1.82, 2.24) is 14.9 Å². The molecule has 0 saturated carbocycles. The van der Waals surface area contributed by atoms with Gasteiger partial charge in [0.15, 0.2) is 0 Å². The van der Waals surface area contributed by atoms with Gasteiger partial charge in [-0.25, -0.2) is 9.78 Å². The van der Waals surface area contributed by atoms with E-state index >= 15 is 0 Å². The number of benzene rings is 2. The summed E-state index contributed by atoms with van der Waals surface area (Å²) in [6.45, 7) is 1.15. The van der Waals surface area contributed by atoms with Gasteiger partial charge in [0.2, 0.25) is 0 Å². The molecule has 7 heteroatoms. The van der Waals surface area contributed by atoms with Gasteiger partial charge in [0, 0.05) is 35.9 Å². The molecule has 1 aliphatic heterocycles. The van der Waals surface area contributed by atoms with Gasteiger partial charge >= 0.3 is 6.03 Å². The summed E-state index contributed by atoms with van der Waals surface area (Å²) < 4.78 is 5.17. The van der Waals surface area contributed by atoms with Crippen molar-refractivity contribution in [2.75, 3.05) is 24.3 Å². The minimum atomic E-state index is -0.120. The van der Waals surface area contributed by atoms with Crippen LogP contribution in [0.25, 0.3) is 10.9 Å². The summed E-state index contributed by atoms with van der Waals surface area (Å²) in [6, 6.07) is 19.3. The zero-order valence-electron chi connectivity index (χ0n) is 17.7. The van der Waals surface area contributed by atoms with Crippen LogP contribution in [0.3, 0.4) is 0 Å². The van der Waals surface area contributed by atoms with Gasteiger partial charge in [-0.1, -0.05) is 18.2 Å². The number of anilines is 3. The number of hydrogen-bond acceptors (Lipinski definition) is 5. The van der Waals surface area contributed by atoms with Gasteiger partial charge in [0.05, 0.1) is 24.5 Å². The molecule has 7 nitrogen and oxygen atoms in total. The van der Waals surface area contributed by atoms with E-state index in [0.717, 1.165) is 51.4 Å². The van der Waals surface area contributed by atoms with Crippen LogP contribution in [0.5, 0.6) is 5.75 Å². The first kappa shape index (κ1) is 19.8. The summed E-state index contributed by atoms with van der Waals surface area (Å²) >= 11 is 0. The van der Waals surface area contributed by atoms with Gasteiger partial charge in [0.25, 0.3) is 0 Å². The van der Waals surface area contributed by atoms with E-state index in [0.29, 0.717) is 13.1 Å². The minimum absolute atomic E-state index is 0.120. The zero-order chi connectivity index (χ0) is 21.9. The predicted molar refractivity (Wildman–Crippen MR) is 125 cm³/mol. The SMILES string of the molecule is COc1ccc(NC(=O)N2CCc3c(ccnc3Nc3cnc4ccccc4c3)C2)cc1. The molecule has 0 atom stereocenters. The number of fused-ring (bicyclic) bond motifs is 2. The lowest BCUT2D eigenvalue weighted by molar-refractivity contribution is 0.206. The van der Waals surface area contributed by atoms with Crippen molar-refractivity contribution < 1.29 is 9.53 Å². The van der Waals surface area contributed by atoms with E-state index in [1.165, 1.54) is 0 Å². The van der Waals surface area contributed by atoms with Crippen molar-refractivity contribution in [1.29, 1.82) is 0 Å². The number of pyridine rings is 2. The van der Waals surface area contributed by atoms with E-state index in [9.17, 15) is 4.79 Å². The Bertz CT molecular complexity index is 1270. The van der Waals surface area contributed by atoms with Crippen LogP contribution in [0.2, 0.25) is 0 Å². The summed E-state index contributed by atoms with van der Waals surface area (Å²) in [7, 11) is 1.62. The van der Waals surface area contributed by atoms with Crippen LogP contribution in [0, 0.1) is 0 Å². The molecule has 4 aromatic rings. The molecule has 1 aliphatic rings. The summed E-state index contributed by atoms with van der Waals surface area (Å²) in [6.07, 6.45) is 4.32. The Hall–Kier alpha value is -4.13. The lowest BCUT2D eigenvalue weighted by Gasteiger charge is -2.30. The number of hydrogen-bond donors (Lipinski definition) is 2. The summed E-state index contributed by atoms with van der Waals surface area (Å²) in [4.78, 5) is 23.7. The van der Waals surface area contributed by atoms with Crippen molar-refractivity contribution in [3.63, 3.8) is 0 Å². The molecular formula is C25H23N5O2. The van der Waals surface area contributed by atoms with Crippen LogP contribution in [-0.2, 0) is 13.0 Å². The molecule has 0 fully saturated rings. The highest BCUT2D eigenvalue weighted by Gasteiger charge is 2.23. The fourth-order valence-corrected chi connectivity index (χ4v) is 3.92. The maximum absolute atomic E-state index is 12.8. The molecule has 0 unspecified atom stereocenters. The summed E-state index contributed by atoms with van der Waals surface area (Å²) in [5, 5.41) is 7.44. The first-order valence-corrected chi connectivity index (χ1v) is 10.5. The quantitative estimate of drug-likeness (QED) is 0.482. The molecular weight excluding hydrogens is 402 g/mol. The van der Waals surface area contributed by atoms with Crippen molar-refractivity contribution in [3.05, 3.63) is 84.2 Å². The van der Waals surface area contributed by atoms with Gasteiger partial charge < -0.3 is 20.3 Å². The Morgan fingerprint density at radius 2 is 1.88 bits per heavy atom. The third-order valence-corrected chi connectivity index (χ3v) is 5.63. The highest BCUT2D eigenvalue weighted by atomic mass is 16.5. The van der Waals surface area contributed by atoms with Crippen LogP contribution >= 0.6 is 0 Å². The Balaban J connectivity index is 1.30. The van der Waals surface area contributed by atoms with Crippen LogP contribution in [0.4, 0.5) is 22.0 Å². The number of carbonyl (C=O) groups excluding carboxylic acids is 1. The number of nitrogens with one attached hydrogen (secondary N) is 2. The van der Waals surface area contributed by atoms with Crippen LogP contribution in [-0.4, -0.2) is 34.6 Å². The molecule has 2 amide bonds. The van der Waals surface area contributed by atoms with Gasteiger partial charge in [-0.15, -0.1) is 0 Å². The number of methoxy groups -OCH3 is 1. The van der Waals surface area contributed by atoms with E-state index in [4.69, 9.17) is 4.74 Å². The monoisotopic (exact) mass is 425 g/mol. The number of urea groups is 1. The third-order valence-electron chi connectivity index (χ3n) is 5.63. The number of amides is 2. The van der Waals surface area contributed by atoms with Gasteiger partial charge in [-0.05, 0) is 54.4 Å². The molecule has 2 N–H and O–H groups in total. The van der Waals surface area contributed by atoms with E-state index < -0.39 is 0 Å². The molecule has 32 heavy (non-hydrogen) atoms. The van der Waals surface area contributed by atoms with Crippen molar-refractivity contribution in [2.45, 2.75) is 13.0 Å². The van der Waals surface area contributed by atoms with Gasteiger partial charge in [-0.3, -0.25) is 4.98 Å². The molecule has 0 radical (unpaired) electrons. The second kappa shape index (κ2) is 8.55. The highest BCUT2D eigenvalue weighted by molar-refractivity contribution is 5.89. The standard InChI is InChI=1S/C25H23N5O2/c1-32-21-8-6-19(7-9-21)29-25(31)30-13-11-22-18(16-30)10-12-26-24(22)28-20-14-17-4-2-3-5-23(17)27-15-20/h2-10,12,14-15H,11,13,16H2,1H3,(H,26,28)(H,29,31). The Labute approximate surface area is 186 Å². The molecule has 2 aromatic heterocycles. The molecule has 2 aromatic carbocycles. The van der Waals surface area contributed by atoms with Crippen LogP contribution < -0.4 is 15.4 Å². The Kier molecular flexibility index (Phi) is 5.29. The van der Waals surface area contributed by atoms with Crippen molar-refractivity contribution >= 4 is 34.1 Å². The Morgan fingerprint density at radius 1 is 1.03 bits per heavy atom. The number of para-hydroxylation sites is 1. The van der Waals surface area contributed by atoms with E-state index in [1.807, 2.05) is 65.7 Å². The lowest BCUT2D eigenvalue weighted by atomic mass is 10.0. The molecule has 5 rings (SSSR count). The largest absolute Gasteiger partial charge is 0.497 e. The van der Waals surface area contributed by atoms with Crippen molar-refractivity contribution in [3.8, 4) is 5.75 Å². The second-order valence-electron chi connectivity index (χ2n) is 7.67. The average molecular weight is 425 g/mol. The van der Waals surface area contributed by atoms with Gasteiger partial charge in [-0.2, -0.15) is 0 Å². The van der Waals surface area contributed by atoms with E-state index in [1.54, 1.807) is 13.3 Å². The van der Waals surface area contributed by atoms with Crippen LogP contribution in [0.15, 0.2) is 73.1 Å². The molecule has 0 bridgehead atoms. The van der Waals surface area contributed by atoms with Gasteiger partial charge in [0.1, 0.15) is 11.6 Å². The molecule has 160 valence electrons. The number of rotatable bonds is 4. The first-order chi connectivity index (χ1) is 15.7. The second-order valence-corrected chi connectivity index (χ2v) is 7.67. The van der Waals surface area contributed by atoms with Crippen LogP contribution in [0.1, 0.15) is 11.1 Å². The highest BCUT2D eigenvalue weighted by Crippen LogP contribution is 2.28.